The summed E-state index contributed by atoms with van der Waals surface area (Å²) >= 11 is 6.16. The monoisotopic (exact) mass is 461 g/mol. The molecule has 5 nitrogen and oxygen atoms in total. The molecule has 4 rings (SSSR count). The number of rotatable bonds is 10. The first kappa shape index (κ1) is 22.9. The van der Waals surface area contributed by atoms with E-state index in [2.05, 4.69) is 16.0 Å². The molecule has 0 atom stereocenters. The lowest BCUT2D eigenvalue weighted by molar-refractivity contribution is 0.0953. The molecule has 0 aliphatic rings. The second kappa shape index (κ2) is 11.0. The van der Waals surface area contributed by atoms with Gasteiger partial charge in [-0.15, -0.1) is 0 Å². The number of benzene rings is 3. The highest BCUT2D eigenvalue weighted by molar-refractivity contribution is 6.32. The molecule has 1 N–H and O–H groups in total. The number of nitrogens with one attached hydrogen (secondary N) is 1. The Morgan fingerprint density at radius 1 is 1.00 bits per heavy atom. The minimum absolute atomic E-state index is 0.0486. The molecule has 33 heavy (non-hydrogen) atoms. The van der Waals surface area contributed by atoms with Gasteiger partial charge in [-0.25, -0.2) is 4.98 Å². The maximum Gasteiger partial charge on any atom is 0.251 e. The van der Waals surface area contributed by atoms with E-state index in [1.807, 2.05) is 73.7 Å². The quantitative estimate of drug-likeness (QED) is 0.302. The van der Waals surface area contributed by atoms with Gasteiger partial charge in [0, 0.05) is 25.1 Å². The van der Waals surface area contributed by atoms with Crippen molar-refractivity contribution in [2.45, 2.75) is 32.7 Å². The Labute approximate surface area is 199 Å². The Morgan fingerprint density at radius 2 is 1.76 bits per heavy atom. The lowest BCUT2D eigenvalue weighted by Gasteiger charge is -2.11. The van der Waals surface area contributed by atoms with E-state index in [4.69, 9.17) is 21.3 Å². The summed E-state index contributed by atoms with van der Waals surface area (Å²) in [4.78, 5) is 17.4. The van der Waals surface area contributed by atoms with Gasteiger partial charge in [-0.3, -0.25) is 4.79 Å². The third kappa shape index (κ3) is 5.74. The van der Waals surface area contributed by atoms with Crippen molar-refractivity contribution in [3.63, 3.8) is 0 Å². The molecule has 0 aliphatic heterocycles. The van der Waals surface area contributed by atoms with Gasteiger partial charge >= 0.3 is 0 Å². The fraction of sp³-hybridized carbons (Fsp3) is 0.259. The Morgan fingerprint density at radius 3 is 2.61 bits per heavy atom. The predicted octanol–water partition coefficient (Wildman–Crippen LogP) is 5.83. The number of amides is 1. The van der Waals surface area contributed by atoms with Crippen molar-refractivity contribution < 1.29 is 9.53 Å². The van der Waals surface area contributed by atoms with Crippen LogP contribution in [0.15, 0.2) is 72.8 Å². The van der Waals surface area contributed by atoms with Crippen LogP contribution in [0.2, 0.25) is 5.02 Å². The molecule has 170 valence electrons. The van der Waals surface area contributed by atoms with Crippen LogP contribution in [0.4, 0.5) is 0 Å². The van der Waals surface area contributed by atoms with Crippen LogP contribution in [0, 0.1) is 6.92 Å². The molecular weight excluding hydrogens is 434 g/mol. The van der Waals surface area contributed by atoms with Crippen LogP contribution in [-0.4, -0.2) is 28.6 Å². The SMILES string of the molecule is Cc1ccccc1C(=O)NCCc1nc2ccccc2n1CCCCOc1ccccc1Cl. The highest BCUT2D eigenvalue weighted by Crippen LogP contribution is 2.23. The Bertz CT molecular complexity index is 1240. The van der Waals surface area contributed by atoms with Gasteiger partial charge in [0.1, 0.15) is 11.6 Å². The lowest BCUT2D eigenvalue weighted by Crippen LogP contribution is -2.27. The standard InChI is InChI=1S/C27H28ClN3O2/c1-20-10-2-3-11-21(20)27(32)29-17-16-26-30-23-13-5-6-14-24(23)31(26)18-8-9-19-33-25-15-7-4-12-22(25)28/h2-7,10-15H,8-9,16-19H2,1H3,(H,29,32). The number of ether oxygens (including phenoxy) is 1. The topological polar surface area (TPSA) is 56.2 Å². The first-order valence-corrected chi connectivity index (χ1v) is 11.7. The molecule has 0 spiro atoms. The average molecular weight is 462 g/mol. The summed E-state index contributed by atoms with van der Waals surface area (Å²) < 4.78 is 8.07. The van der Waals surface area contributed by atoms with Crippen molar-refractivity contribution >= 4 is 28.5 Å². The Hall–Kier alpha value is -3.31. The molecule has 0 fully saturated rings. The molecule has 6 heteroatoms. The van der Waals surface area contributed by atoms with E-state index in [0.29, 0.717) is 30.2 Å². The van der Waals surface area contributed by atoms with Crippen molar-refractivity contribution in [2.24, 2.45) is 0 Å². The lowest BCUT2D eigenvalue weighted by atomic mass is 10.1. The zero-order chi connectivity index (χ0) is 23.0. The molecule has 4 aromatic rings. The van der Waals surface area contributed by atoms with Crippen molar-refractivity contribution in [2.75, 3.05) is 13.2 Å². The molecule has 1 heterocycles. The minimum Gasteiger partial charge on any atom is -0.492 e. The van der Waals surface area contributed by atoms with Gasteiger partial charge in [-0.05, 0) is 55.7 Å². The fourth-order valence-corrected chi connectivity index (χ4v) is 4.08. The minimum atomic E-state index is -0.0486. The van der Waals surface area contributed by atoms with Crippen molar-refractivity contribution in [1.82, 2.24) is 14.9 Å². The average Bonchev–Trinajstić information content (AvgIpc) is 3.17. The number of carbonyl (C=O) groups excluding carboxylic acids is 1. The van der Waals surface area contributed by atoms with E-state index in [9.17, 15) is 4.79 Å². The van der Waals surface area contributed by atoms with Gasteiger partial charge in [-0.2, -0.15) is 0 Å². The van der Waals surface area contributed by atoms with Gasteiger partial charge < -0.3 is 14.6 Å². The number of fused-ring (bicyclic) bond motifs is 1. The zero-order valence-electron chi connectivity index (χ0n) is 18.8. The van der Waals surface area contributed by atoms with Crippen LogP contribution in [0.1, 0.15) is 34.6 Å². The Balaban J connectivity index is 1.35. The van der Waals surface area contributed by atoms with Crippen molar-refractivity contribution in [3.8, 4) is 5.75 Å². The van der Waals surface area contributed by atoms with E-state index >= 15 is 0 Å². The third-order valence-electron chi connectivity index (χ3n) is 5.63. The number of hydrogen-bond donors (Lipinski definition) is 1. The van der Waals surface area contributed by atoms with Crippen LogP contribution in [0.3, 0.4) is 0 Å². The summed E-state index contributed by atoms with van der Waals surface area (Å²) in [7, 11) is 0. The van der Waals surface area contributed by atoms with E-state index in [0.717, 1.165) is 47.6 Å². The molecule has 0 radical (unpaired) electrons. The molecule has 1 amide bonds. The number of halogens is 1. The third-order valence-corrected chi connectivity index (χ3v) is 5.94. The first-order valence-electron chi connectivity index (χ1n) is 11.3. The van der Waals surface area contributed by atoms with Crippen molar-refractivity contribution in [3.05, 3.63) is 94.8 Å². The van der Waals surface area contributed by atoms with Gasteiger partial charge in [0.2, 0.25) is 0 Å². The summed E-state index contributed by atoms with van der Waals surface area (Å²) in [6, 6.07) is 23.3. The highest BCUT2D eigenvalue weighted by Gasteiger charge is 2.12. The van der Waals surface area contributed by atoms with E-state index in [-0.39, 0.29) is 5.91 Å². The summed E-state index contributed by atoms with van der Waals surface area (Å²) in [5, 5.41) is 3.67. The van der Waals surface area contributed by atoms with Crippen LogP contribution in [0.5, 0.6) is 5.75 Å². The Kier molecular flexibility index (Phi) is 7.63. The smallest absolute Gasteiger partial charge is 0.251 e. The second-order valence-electron chi connectivity index (χ2n) is 7.98. The number of nitrogens with zero attached hydrogens (tertiary/aromatic N) is 2. The number of unbranched alkanes of at least 4 members (excludes halogenated alkanes) is 1. The molecule has 0 saturated heterocycles. The normalized spacial score (nSPS) is 11.0. The van der Waals surface area contributed by atoms with Gasteiger partial charge in [0.25, 0.3) is 5.91 Å². The summed E-state index contributed by atoms with van der Waals surface area (Å²) in [5.41, 5.74) is 3.78. The van der Waals surface area contributed by atoms with Gasteiger partial charge in [-0.1, -0.05) is 54.1 Å². The summed E-state index contributed by atoms with van der Waals surface area (Å²) in [6.07, 6.45) is 2.52. The molecular formula is C27H28ClN3O2. The molecule has 3 aromatic carbocycles. The van der Waals surface area contributed by atoms with Crippen molar-refractivity contribution in [1.29, 1.82) is 0 Å². The van der Waals surface area contributed by atoms with Crippen LogP contribution in [0.25, 0.3) is 11.0 Å². The van der Waals surface area contributed by atoms with Gasteiger partial charge in [0.05, 0.1) is 22.7 Å². The second-order valence-corrected chi connectivity index (χ2v) is 8.38. The maximum atomic E-state index is 12.5. The zero-order valence-corrected chi connectivity index (χ0v) is 19.5. The largest absolute Gasteiger partial charge is 0.492 e. The van der Waals surface area contributed by atoms with Crippen LogP contribution in [-0.2, 0) is 13.0 Å². The number of carbonyl (C=O) groups is 1. The summed E-state index contributed by atoms with van der Waals surface area (Å²) in [5.74, 6) is 1.65. The van der Waals surface area contributed by atoms with E-state index in [1.54, 1.807) is 0 Å². The number of aryl methyl sites for hydroxylation is 2. The first-order chi connectivity index (χ1) is 16.1. The fourth-order valence-electron chi connectivity index (χ4n) is 3.89. The molecule has 0 unspecified atom stereocenters. The van der Waals surface area contributed by atoms with E-state index < -0.39 is 0 Å². The predicted molar refractivity (Wildman–Crippen MR) is 133 cm³/mol. The number of para-hydroxylation sites is 3. The number of hydrogen-bond acceptors (Lipinski definition) is 3. The van der Waals surface area contributed by atoms with E-state index in [1.165, 1.54) is 0 Å². The summed E-state index contributed by atoms with van der Waals surface area (Å²) in [6.45, 7) is 3.93. The molecule has 0 aliphatic carbocycles. The van der Waals surface area contributed by atoms with Crippen LogP contribution < -0.4 is 10.1 Å². The maximum absolute atomic E-state index is 12.5. The highest BCUT2D eigenvalue weighted by atomic mass is 35.5. The molecule has 0 saturated carbocycles. The molecule has 1 aromatic heterocycles. The molecule has 0 bridgehead atoms. The van der Waals surface area contributed by atoms with Gasteiger partial charge in [0.15, 0.2) is 0 Å². The number of imidazole rings is 1. The van der Waals surface area contributed by atoms with Crippen LogP contribution >= 0.6 is 11.6 Å². The number of aromatic nitrogens is 2.